The number of fused-ring (bicyclic) bond motifs is 1. The van der Waals surface area contributed by atoms with E-state index in [2.05, 4.69) is 0 Å². The first-order valence-electron chi connectivity index (χ1n) is 8.69. The zero-order valence-electron chi connectivity index (χ0n) is 15.6. The second kappa shape index (κ2) is 8.18. The molecule has 0 aliphatic carbocycles. The molecule has 0 aromatic heterocycles. The molecule has 28 heavy (non-hydrogen) atoms. The third-order valence-electron chi connectivity index (χ3n) is 4.77. The topological polar surface area (TPSA) is 111 Å². The molecule has 0 spiro atoms. The van der Waals surface area contributed by atoms with E-state index in [4.69, 9.17) is 20.1 Å². The number of carbonyl (C=O) groups is 2. The Hall–Kier alpha value is -3.26. The number of hydrogen-bond donors (Lipinski definition) is 2. The van der Waals surface area contributed by atoms with Crippen LogP contribution in [0.5, 0.6) is 11.5 Å². The summed E-state index contributed by atoms with van der Waals surface area (Å²) in [6.07, 6.45) is -0.0120. The number of aliphatic carboxylic acids is 1. The number of esters is 1. The van der Waals surface area contributed by atoms with Gasteiger partial charge in [-0.25, -0.2) is 10.6 Å². The Morgan fingerprint density at radius 2 is 1.79 bits per heavy atom. The predicted octanol–water partition coefficient (Wildman–Crippen LogP) is 2.07. The van der Waals surface area contributed by atoms with Crippen molar-refractivity contribution in [3.8, 4) is 11.5 Å². The van der Waals surface area contributed by atoms with Crippen molar-refractivity contribution < 1.29 is 28.9 Å². The maximum Gasteiger partial charge on any atom is 0.327 e. The third kappa shape index (κ3) is 3.72. The molecule has 1 aliphatic rings. The Kier molecular flexibility index (Phi) is 5.70. The molecule has 0 saturated heterocycles. The molecule has 0 unspecified atom stereocenters. The number of hydrogen-bond acceptors (Lipinski definition) is 7. The van der Waals surface area contributed by atoms with Crippen molar-refractivity contribution in [1.82, 2.24) is 0 Å². The molecule has 8 nitrogen and oxygen atoms in total. The highest BCUT2D eigenvalue weighted by atomic mass is 16.5. The van der Waals surface area contributed by atoms with Crippen LogP contribution in [0.2, 0.25) is 0 Å². The Bertz CT molecular complexity index is 870. The summed E-state index contributed by atoms with van der Waals surface area (Å²) in [5.41, 5.74) is 1.77. The molecule has 0 radical (unpaired) electrons. The summed E-state index contributed by atoms with van der Waals surface area (Å²) in [4.78, 5) is 24.5. The predicted molar refractivity (Wildman–Crippen MR) is 101 cm³/mol. The number of anilines is 1. The van der Waals surface area contributed by atoms with Crippen LogP contribution in [0, 0.1) is 0 Å². The van der Waals surface area contributed by atoms with Crippen molar-refractivity contribution in [1.29, 1.82) is 0 Å². The van der Waals surface area contributed by atoms with Gasteiger partial charge in [-0.05, 0) is 23.6 Å². The molecule has 148 valence electrons. The first-order chi connectivity index (χ1) is 13.5. The minimum absolute atomic E-state index is 0.0120. The molecule has 3 rings (SSSR count). The highest BCUT2D eigenvalue weighted by Gasteiger charge is 2.40. The van der Waals surface area contributed by atoms with E-state index in [-0.39, 0.29) is 13.0 Å². The fourth-order valence-electron chi connectivity index (χ4n) is 3.29. The average Bonchev–Trinajstić information content (AvgIpc) is 2.71. The van der Waals surface area contributed by atoms with Gasteiger partial charge in [-0.15, -0.1) is 0 Å². The second-order valence-electron chi connectivity index (χ2n) is 6.41. The van der Waals surface area contributed by atoms with Gasteiger partial charge in [0.1, 0.15) is 12.6 Å². The van der Waals surface area contributed by atoms with Crippen LogP contribution in [0.15, 0.2) is 42.5 Å². The summed E-state index contributed by atoms with van der Waals surface area (Å²) in [6.45, 7) is 0.100. The summed E-state index contributed by atoms with van der Waals surface area (Å²) >= 11 is 0. The van der Waals surface area contributed by atoms with E-state index in [0.29, 0.717) is 22.7 Å². The maximum absolute atomic E-state index is 12.8. The standard InChI is InChI=1S/C20H22N2O6/c1-26-17-9-13-14(20(25)28-11-12-6-4-3-5-7-12)8-16(19(23)24)22(21)15(13)10-18(17)27-2/h3-7,9-10,14,16H,8,11,21H2,1-2H3,(H,23,24)/t14-,16-/m1/s1. The van der Waals surface area contributed by atoms with Crippen molar-refractivity contribution >= 4 is 17.6 Å². The van der Waals surface area contributed by atoms with Crippen LogP contribution in [-0.4, -0.2) is 37.3 Å². The van der Waals surface area contributed by atoms with Crippen LogP contribution in [0.25, 0.3) is 0 Å². The second-order valence-corrected chi connectivity index (χ2v) is 6.41. The van der Waals surface area contributed by atoms with Crippen molar-refractivity contribution in [2.24, 2.45) is 5.84 Å². The number of nitrogens with two attached hydrogens (primary N) is 1. The third-order valence-corrected chi connectivity index (χ3v) is 4.77. The van der Waals surface area contributed by atoms with E-state index in [1.54, 1.807) is 12.1 Å². The van der Waals surface area contributed by atoms with Crippen LogP contribution in [-0.2, 0) is 20.9 Å². The van der Waals surface area contributed by atoms with Gasteiger partial charge < -0.3 is 19.3 Å². The maximum atomic E-state index is 12.8. The molecule has 1 heterocycles. The number of carboxylic acid groups (broad SMARTS) is 1. The molecular formula is C20H22N2O6. The molecule has 1 aliphatic heterocycles. The molecule has 2 atom stereocenters. The Morgan fingerprint density at radius 3 is 2.39 bits per heavy atom. The number of carboxylic acids is 1. The fourth-order valence-corrected chi connectivity index (χ4v) is 3.29. The van der Waals surface area contributed by atoms with Crippen LogP contribution < -0.4 is 20.3 Å². The molecule has 0 amide bonds. The van der Waals surface area contributed by atoms with Gasteiger partial charge in [-0.1, -0.05) is 30.3 Å². The summed E-state index contributed by atoms with van der Waals surface area (Å²) in [5.74, 6) is 4.42. The minimum Gasteiger partial charge on any atom is -0.493 e. The number of benzene rings is 2. The molecular weight excluding hydrogens is 364 g/mol. The highest BCUT2D eigenvalue weighted by molar-refractivity contribution is 5.88. The lowest BCUT2D eigenvalue weighted by Gasteiger charge is -2.36. The highest BCUT2D eigenvalue weighted by Crippen LogP contribution is 2.44. The number of ether oxygens (including phenoxy) is 3. The molecule has 8 heteroatoms. The van der Waals surface area contributed by atoms with Crippen molar-refractivity contribution in [3.63, 3.8) is 0 Å². The van der Waals surface area contributed by atoms with E-state index in [0.717, 1.165) is 10.6 Å². The first-order valence-corrected chi connectivity index (χ1v) is 8.69. The van der Waals surface area contributed by atoms with Gasteiger partial charge in [0.15, 0.2) is 11.5 Å². The van der Waals surface area contributed by atoms with Gasteiger partial charge in [-0.3, -0.25) is 9.80 Å². The summed E-state index contributed by atoms with van der Waals surface area (Å²) in [5, 5.41) is 10.7. The number of methoxy groups -OCH3 is 2. The number of nitrogens with zero attached hydrogens (tertiary/aromatic N) is 1. The summed E-state index contributed by atoms with van der Waals surface area (Å²) in [6, 6.07) is 11.4. The monoisotopic (exact) mass is 386 g/mol. The van der Waals surface area contributed by atoms with Crippen LogP contribution >= 0.6 is 0 Å². The lowest BCUT2D eigenvalue weighted by molar-refractivity contribution is -0.147. The molecule has 2 aromatic rings. The van der Waals surface area contributed by atoms with E-state index in [1.165, 1.54) is 14.2 Å². The van der Waals surface area contributed by atoms with Crippen LogP contribution in [0.4, 0.5) is 5.69 Å². The minimum atomic E-state index is -1.12. The Morgan fingerprint density at radius 1 is 1.14 bits per heavy atom. The van der Waals surface area contributed by atoms with E-state index < -0.39 is 23.9 Å². The van der Waals surface area contributed by atoms with Crippen molar-refractivity contribution in [2.75, 3.05) is 19.2 Å². The summed E-state index contributed by atoms with van der Waals surface area (Å²) < 4.78 is 16.0. The van der Waals surface area contributed by atoms with Gasteiger partial charge in [0.05, 0.1) is 25.8 Å². The zero-order chi connectivity index (χ0) is 20.3. The van der Waals surface area contributed by atoms with Gasteiger partial charge in [0.25, 0.3) is 0 Å². The number of hydrazine groups is 1. The lowest BCUT2D eigenvalue weighted by atomic mass is 9.86. The van der Waals surface area contributed by atoms with Gasteiger partial charge in [-0.2, -0.15) is 0 Å². The Balaban J connectivity index is 1.94. The van der Waals surface area contributed by atoms with E-state index in [1.807, 2.05) is 30.3 Å². The van der Waals surface area contributed by atoms with E-state index >= 15 is 0 Å². The van der Waals surface area contributed by atoms with Crippen LogP contribution in [0.1, 0.15) is 23.5 Å². The number of carbonyl (C=O) groups excluding carboxylic acids is 1. The van der Waals surface area contributed by atoms with Gasteiger partial charge in [0.2, 0.25) is 0 Å². The fraction of sp³-hybridized carbons (Fsp3) is 0.300. The smallest absolute Gasteiger partial charge is 0.327 e. The van der Waals surface area contributed by atoms with Crippen molar-refractivity contribution in [3.05, 3.63) is 53.6 Å². The molecule has 3 N–H and O–H groups in total. The molecule has 0 fully saturated rings. The van der Waals surface area contributed by atoms with Gasteiger partial charge >= 0.3 is 11.9 Å². The first kappa shape index (κ1) is 19.5. The largest absolute Gasteiger partial charge is 0.493 e. The lowest BCUT2D eigenvalue weighted by Crippen LogP contribution is -2.51. The molecule has 0 bridgehead atoms. The Labute approximate surface area is 162 Å². The summed E-state index contributed by atoms with van der Waals surface area (Å²) in [7, 11) is 2.95. The average molecular weight is 386 g/mol. The van der Waals surface area contributed by atoms with E-state index in [9.17, 15) is 14.7 Å². The molecule has 2 aromatic carbocycles. The normalized spacial score (nSPS) is 18.2. The SMILES string of the molecule is COc1cc2c(cc1OC)N(N)[C@@H](C(=O)O)C[C@H]2C(=O)OCc1ccccc1. The molecule has 0 saturated carbocycles. The van der Waals surface area contributed by atoms with Crippen molar-refractivity contribution in [2.45, 2.75) is 25.0 Å². The van der Waals surface area contributed by atoms with Crippen LogP contribution in [0.3, 0.4) is 0 Å². The quantitative estimate of drug-likeness (QED) is 0.573. The number of rotatable bonds is 6. The van der Waals surface area contributed by atoms with Gasteiger partial charge in [0, 0.05) is 6.07 Å². The zero-order valence-corrected chi connectivity index (χ0v) is 15.6.